The van der Waals surface area contributed by atoms with E-state index in [-0.39, 0.29) is 11.5 Å². The van der Waals surface area contributed by atoms with Gasteiger partial charge in [-0.1, -0.05) is 93.6 Å². The van der Waals surface area contributed by atoms with Gasteiger partial charge in [0.05, 0.1) is 0 Å². The van der Waals surface area contributed by atoms with Gasteiger partial charge in [-0.3, -0.25) is 0 Å². The summed E-state index contributed by atoms with van der Waals surface area (Å²) in [7, 11) is 0. The molecular formula is C29H29N. The maximum absolute atomic E-state index is 3.83. The van der Waals surface area contributed by atoms with Crippen LogP contribution in [-0.4, -0.2) is 0 Å². The molecule has 4 aromatic rings. The third kappa shape index (κ3) is 3.01. The monoisotopic (exact) mass is 391 g/mol. The maximum Gasteiger partial charge on any atom is 0.0485 e. The van der Waals surface area contributed by atoms with Crippen LogP contribution < -0.4 is 5.32 Å². The van der Waals surface area contributed by atoms with E-state index in [4.69, 9.17) is 0 Å². The highest BCUT2D eigenvalue weighted by Crippen LogP contribution is 2.56. The molecule has 0 spiro atoms. The number of hydrogen-bond acceptors (Lipinski definition) is 1. The van der Waals surface area contributed by atoms with Crippen molar-refractivity contribution in [2.24, 2.45) is 0 Å². The second-order valence-corrected chi connectivity index (χ2v) is 9.03. The average Bonchev–Trinajstić information content (AvgIpc) is 3.34. The second kappa shape index (κ2) is 7.02. The second-order valence-electron chi connectivity index (χ2n) is 9.03. The van der Waals surface area contributed by atoms with Crippen molar-refractivity contribution >= 4 is 16.5 Å². The van der Waals surface area contributed by atoms with E-state index >= 15 is 0 Å². The number of fused-ring (bicyclic) bond motifs is 2. The van der Waals surface area contributed by atoms with Gasteiger partial charge in [0.15, 0.2) is 0 Å². The quantitative estimate of drug-likeness (QED) is 0.365. The van der Waals surface area contributed by atoms with Gasteiger partial charge in [0.2, 0.25) is 0 Å². The molecule has 1 aliphatic rings. The van der Waals surface area contributed by atoms with Gasteiger partial charge >= 0.3 is 0 Å². The summed E-state index contributed by atoms with van der Waals surface area (Å²) in [5, 5.41) is 6.44. The molecule has 1 aliphatic carbocycles. The van der Waals surface area contributed by atoms with E-state index in [1.807, 2.05) is 0 Å². The summed E-state index contributed by atoms with van der Waals surface area (Å²) in [6.07, 6.45) is 1.06. The van der Waals surface area contributed by atoms with Crippen molar-refractivity contribution in [3.05, 3.63) is 101 Å². The summed E-state index contributed by atoms with van der Waals surface area (Å²) in [6, 6.07) is 29.0. The van der Waals surface area contributed by atoms with Crippen molar-refractivity contribution in [1.82, 2.24) is 0 Å². The highest BCUT2D eigenvalue weighted by molar-refractivity contribution is 6.05. The minimum Gasteiger partial charge on any atom is -0.378 e. The van der Waals surface area contributed by atoms with E-state index in [2.05, 4.69) is 112 Å². The molecule has 1 atom stereocenters. The Morgan fingerprint density at radius 1 is 0.867 bits per heavy atom. The van der Waals surface area contributed by atoms with Gasteiger partial charge in [-0.15, -0.1) is 0 Å². The molecule has 0 heterocycles. The van der Waals surface area contributed by atoms with E-state index in [0.29, 0.717) is 0 Å². The van der Waals surface area contributed by atoms with Crippen molar-refractivity contribution in [3.8, 4) is 11.1 Å². The third-order valence-electron chi connectivity index (χ3n) is 6.71. The number of anilines is 1. The number of aryl methyl sites for hydroxylation is 1. The van der Waals surface area contributed by atoms with Crippen LogP contribution in [0.3, 0.4) is 0 Å². The summed E-state index contributed by atoms with van der Waals surface area (Å²) >= 11 is 0. The van der Waals surface area contributed by atoms with E-state index in [1.165, 1.54) is 49.8 Å². The topological polar surface area (TPSA) is 12.0 Å². The highest BCUT2D eigenvalue weighted by atomic mass is 14.9. The number of hydrogen-bond donors (Lipinski definition) is 1. The Morgan fingerprint density at radius 2 is 1.60 bits per heavy atom. The minimum absolute atomic E-state index is 0.169. The van der Waals surface area contributed by atoms with Crippen LogP contribution in [0.4, 0.5) is 5.69 Å². The molecule has 0 bridgehead atoms. The first-order chi connectivity index (χ1) is 14.5. The highest BCUT2D eigenvalue weighted by Gasteiger charge is 2.44. The summed E-state index contributed by atoms with van der Waals surface area (Å²) in [5.41, 5.74) is 9.85. The predicted octanol–water partition coefficient (Wildman–Crippen LogP) is 7.88. The molecule has 0 aliphatic heterocycles. The zero-order valence-electron chi connectivity index (χ0n) is 18.3. The van der Waals surface area contributed by atoms with E-state index in [1.54, 1.807) is 0 Å². The van der Waals surface area contributed by atoms with E-state index in [9.17, 15) is 0 Å². The number of nitrogens with one attached hydrogen (secondary N) is 1. The lowest BCUT2D eigenvalue weighted by atomic mass is 9.92. The molecule has 0 saturated heterocycles. The molecule has 1 nitrogen and oxygen atoms in total. The van der Waals surface area contributed by atoms with Gasteiger partial charge in [-0.05, 0) is 58.0 Å². The molecule has 30 heavy (non-hydrogen) atoms. The zero-order chi connectivity index (χ0) is 20.9. The van der Waals surface area contributed by atoms with Crippen LogP contribution >= 0.6 is 0 Å². The number of benzene rings is 4. The molecule has 0 saturated carbocycles. The van der Waals surface area contributed by atoms with Crippen LogP contribution in [-0.2, 0) is 11.8 Å². The van der Waals surface area contributed by atoms with Crippen LogP contribution in [0, 0.1) is 0 Å². The zero-order valence-corrected chi connectivity index (χ0v) is 18.3. The molecule has 0 fully saturated rings. The van der Waals surface area contributed by atoms with Gasteiger partial charge < -0.3 is 5.32 Å². The Hall–Kier alpha value is -3.06. The fourth-order valence-corrected chi connectivity index (χ4v) is 4.86. The lowest BCUT2D eigenvalue weighted by Gasteiger charge is -2.21. The van der Waals surface area contributed by atoms with Crippen molar-refractivity contribution in [2.45, 2.75) is 45.6 Å². The largest absolute Gasteiger partial charge is 0.378 e. The van der Waals surface area contributed by atoms with Gasteiger partial charge in [0.25, 0.3) is 0 Å². The van der Waals surface area contributed by atoms with Crippen LogP contribution in [0.1, 0.15) is 56.0 Å². The van der Waals surface area contributed by atoms with Gasteiger partial charge in [-0.25, -0.2) is 0 Å². The third-order valence-corrected chi connectivity index (χ3v) is 6.71. The summed E-state index contributed by atoms with van der Waals surface area (Å²) in [4.78, 5) is 0. The Balaban J connectivity index is 1.71. The van der Waals surface area contributed by atoms with Crippen molar-refractivity contribution in [1.29, 1.82) is 0 Å². The standard InChI is InChI=1S/C29H29N/c1-5-20-17-24(28-25(18-20)29(28,3)4)27-23-14-10-9-13-22(23)15-16-26(27)30-19(2)21-11-7-6-8-12-21/h6-19,30H,5H2,1-4H3. The predicted molar refractivity (Wildman–Crippen MR) is 129 cm³/mol. The van der Waals surface area contributed by atoms with Crippen LogP contribution in [0.15, 0.2) is 78.9 Å². The van der Waals surface area contributed by atoms with Crippen LogP contribution in [0.25, 0.3) is 21.9 Å². The molecule has 0 radical (unpaired) electrons. The van der Waals surface area contributed by atoms with Crippen LogP contribution in [0.5, 0.6) is 0 Å². The van der Waals surface area contributed by atoms with Gasteiger partial charge in [-0.2, -0.15) is 0 Å². The fraction of sp³-hybridized carbons (Fsp3) is 0.241. The van der Waals surface area contributed by atoms with Crippen molar-refractivity contribution in [3.63, 3.8) is 0 Å². The normalized spacial score (nSPS) is 14.9. The maximum atomic E-state index is 3.83. The molecule has 0 aromatic heterocycles. The molecule has 4 aromatic carbocycles. The molecule has 1 N–H and O–H groups in total. The SMILES string of the molecule is CCc1cc(-c2c(NC(C)c3ccccc3)ccc3ccccc23)c2c(c1)C2(C)C. The van der Waals surface area contributed by atoms with E-state index in [0.717, 1.165) is 6.42 Å². The molecule has 5 rings (SSSR count). The summed E-state index contributed by atoms with van der Waals surface area (Å²) in [6.45, 7) is 9.20. The molecule has 150 valence electrons. The van der Waals surface area contributed by atoms with Crippen molar-refractivity contribution in [2.75, 3.05) is 5.32 Å². The first-order valence-electron chi connectivity index (χ1n) is 11.0. The lowest BCUT2D eigenvalue weighted by molar-refractivity contribution is 0.793. The first kappa shape index (κ1) is 18.9. The lowest BCUT2D eigenvalue weighted by Crippen LogP contribution is -2.08. The molecule has 1 heteroatoms. The Bertz CT molecular complexity index is 1230. The Labute approximate surface area is 179 Å². The molecule has 0 amide bonds. The van der Waals surface area contributed by atoms with Crippen molar-refractivity contribution < 1.29 is 0 Å². The molecule has 1 unspecified atom stereocenters. The fourth-order valence-electron chi connectivity index (χ4n) is 4.86. The van der Waals surface area contributed by atoms with Crippen LogP contribution in [0.2, 0.25) is 0 Å². The Kier molecular flexibility index (Phi) is 4.43. The average molecular weight is 392 g/mol. The first-order valence-corrected chi connectivity index (χ1v) is 11.0. The summed E-state index contributed by atoms with van der Waals surface area (Å²) < 4.78 is 0. The Morgan fingerprint density at radius 3 is 2.37 bits per heavy atom. The van der Waals surface area contributed by atoms with E-state index < -0.39 is 0 Å². The minimum atomic E-state index is 0.169. The molecular weight excluding hydrogens is 362 g/mol. The smallest absolute Gasteiger partial charge is 0.0485 e. The van der Waals surface area contributed by atoms with Gasteiger partial charge in [0.1, 0.15) is 0 Å². The van der Waals surface area contributed by atoms with Gasteiger partial charge in [0, 0.05) is 22.7 Å². The summed E-state index contributed by atoms with van der Waals surface area (Å²) in [5.74, 6) is 0. The number of rotatable bonds is 5.